The van der Waals surface area contributed by atoms with Crippen LogP contribution in [0.4, 0.5) is 0 Å². The smallest absolute Gasteiger partial charge is 0.169 e. The highest BCUT2D eigenvalue weighted by molar-refractivity contribution is 9.10. The number of aromatic hydroxyl groups is 1. The fraction of sp³-hybridized carbons (Fsp3) is 0.0476. The number of ether oxygens (including phenoxy) is 1. The fourth-order valence-corrected chi connectivity index (χ4v) is 3.22. The summed E-state index contributed by atoms with van der Waals surface area (Å²) in [6, 6.07) is 17.1. The molecule has 0 aliphatic heterocycles. The van der Waals surface area contributed by atoms with Crippen molar-refractivity contribution in [3.63, 3.8) is 0 Å². The topological polar surface area (TPSA) is 81.0 Å². The molecule has 0 saturated carbocycles. The molecule has 0 unspecified atom stereocenters. The molecule has 7 heteroatoms. The Morgan fingerprint density at radius 2 is 1.39 bits per heavy atom. The van der Waals surface area contributed by atoms with Gasteiger partial charge in [-0.25, -0.2) is 15.0 Å². The predicted molar refractivity (Wildman–Crippen MR) is 110 cm³/mol. The average Bonchev–Trinajstić information content (AvgIpc) is 2.74. The van der Waals surface area contributed by atoms with Crippen LogP contribution < -0.4 is 4.74 Å². The number of nitrogens with zero attached hydrogens (tertiary/aromatic N) is 4. The predicted octanol–water partition coefficient (Wildman–Crippen LogP) is 4.74. The maximum absolute atomic E-state index is 10.3. The zero-order valence-electron chi connectivity index (χ0n) is 14.9. The monoisotopic (exact) mass is 434 g/mol. The standard InChI is InChI=1S/C21H15BrN4O2/c1-28-15-9-7-14(8-10-15)20-24-19(13-5-3-2-4-6-13)25-21(26-20)18-16(22)11-23-12-17(18)27/h2-12,27H,1H3. The lowest BCUT2D eigenvalue weighted by Crippen LogP contribution is -2.01. The second kappa shape index (κ2) is 7.74. The maximum Gasteiger partial charge on any atom is 0.169 e. The molecule has 0 aliphatic rings. The number of benzene rings is 2. The highest BCUT2D eigenvalue weighted by atomic mass is 79.9. The molecule has 0 amide bonds. The van der Waals surface area contributed by atoms with Crippen LogP contribution in [0.3, 0.4) is 0 Å². The minimum Gasteiger partial charge on any atom is -0.506 e. The van der Waals surface area contributed by atoms with Crippen LogP contribution in [0.15, 0.2) is 71.5 Å². The maximum atomic E-state index is 10.3. The van der Waals surface area contributed by atoms with E-state index in [1.165, 1.54) is 6.20 Å². The van der Waals surface area contributed by atoms with Crippen molar-refractivity contribution in [3.05, 3.63) is 71.5 Å². The molecular weight excluding hydrogens is 420 g/mol. The van der Waals surface area contributed by atoms with Crippen LogP contribution in [-0.4, -0.2) is 32.2 Å². The summed E-state index contributed by atoms with van der Waals surface area (Å²) in [5.74, 6) is 2.09. The molecule has 4 aromatic rings. The zero-order valence-corrected chi connectivity index (χ0v) is 16.5. The molecule has 28 heavy (non-hydrogen) atoms. The number of hydrogen-bond acceptors (Lipinski definition) is 6. The van der Waals surface area contributed by atoms with E-state index in [9.17, 15) is 5.11 Å². The van der Waals surface area contributed by atoms with Gasteiger partial charge in [-0.1, -0.05) is 30.3 Å². The molecule has 4 rings (SSSR count). The van der Waals surface area contributed by atoms with Crippen molar-refractivity contribution in [2.45, 2.75) is 0 Å². The number of aromatic nitrogens is 4. The number of halogens is 1. The van der Waals surface area contributed by atoms with Crippen LogP contribution in [0.25, 0.3) is 34.2 Å². The van der Waals surface area contributed by atoms with Crippen molar-refractivity contribution in [1.82, 2.24) is 19.9 Å². The molecule has 2 aromatic carbocycles. The van der Waals surface area contributed by atoms with E-state index in [1.54, 1.807) is 13.3 Å². The Labute approximate surface area is 170 Å². The minimum absolute atomic E-state index is 0.0136. The Morgan fingerprint density at radius 3 is 2.00 bits per heavy atom. The van der Waals surface area contributed by atoms with Crippen LogP contribution in [0.2, 0.25) is 0 Å². The van der Waals surface area contributed by atoms with E-state index in [4.69, 9.17) is 4.74 Å². The Kier molecular flexibility index (Phi) is 4.99. The molecule has 0 aliphatic carbocycles. The summed E-state index contributed by atoms with van der Waals surface area (Å²) < 4.78 is 5.82. The Balaban J connectivity index is 1.93. The Morgan fingerprint density at radius 1 is 0.786 bits per heavy atom. The lowest BCUT2D eigenvalue weighted by Gasteiger charge is -2.10. The summed E-state index contributed by atoms with van der Waals surface area (Å²) in [6.07, 6.45) is 2.95. The van der Waals surface area contributed by atoms with Gasteiger partial charge in [0.05, 0.1) is 23.3 Å². The molecule has 6 nitrogen and oxygen atoms in total. The molecule has 138 valence electrons. The van der Waals surface area contributed by atoms with E-state index < -0.39 is 0 Å². The van der Waals surface area contributed by atoms with Gasteiger partial charge in [0.15, 0.2) is 17.5 Å². The lowest BCUT2D eigenvalue weighted by atomic mass is 10.1. The van der Waals surface area contributed by atoms with Crippen LogP contribution in [-0.2, 0) is 0 Å². The first kappa shape index (κ1) is 18.1. The van der Waals surface area contributed by atoms with E-state index in [2.05, 4.69) is 35.9 Å². The van der Waals surface area contributed by atoms with Gasteiger partial charge in [0.25, 0.3) is 0 Å². The molecule has 0 bridgehead atoms. The van der Waals surface area contributed by atoms with Crippen molar-refractivity contribution in [2.24, 2.45) is 0 Å². The van der Waals surface area contributed by atoms with Crippen molar-refractivity contribution in [2.75, 3.05) is 7.11 Å². The third kappa shape index (κ3) is 3.57. The van der Waals surface area contributed by atoms with E-state index in [0.717, 1.165) is 16.9 Å². The van der Waals surface area contributed by atoms with Gasteiger partial charge in [-0.2, -0.15) is 0 Å². The van der Waals surface area contributed by atoms with Crippen LogP contribution in [0.1, 0.15) is 0 Å². The fourth-order valence-electron chi connectivity index (χ4n) is 2.72. The Hall–Kier alpha value is -3.32. The second-order valence-corrected chi connectivity index (χ2v) is 6.77. The van der Waals surface area contributed by atoms with Gasteiger partial charge < -0.3 is 9.84 Å². The third-order valence-electron chi connectivity index (χ3n) is 4.12. The summed E-state index contributed by atoms with van der Waals surface area (Å²) in [5, 5.41) is 10.3. The number of methoxy groups -OCH3 is 1. The molecule has 2 heterocycles. The van der Waals surface area contributed by atoms with E-state index in [-0.39, 0.29) is 5.75 Å². The first-order valence-electron chi connectivity index (χ1n) is 8.44. The van der Waals surface area contributed by atoms with Gasteiger partial charge in [-0.05, 0) is 40.2 Å². The van der Waals surface area contributed by atoms with Gasteiger partial charge in [-0.15, -0.1) is 0 Å². The first-order valence-corrected chi connectivity index (χ1v) is 9.24. The third-order valence-corrected chi connectivity index (χ3v) is 4.72. The summed E-state index contributed by atoms with van der Waals surface area (Å²) in [4.78, 5) is 17.8. The molecule has 1 N–H and O–H groups in total. The van der Waals surface area contributed by atoms with E-state index in [1.807, 2.05) is 54.6 Å². The average molecular weight is 435 g/mol. The van der Waals surface area contributed by atoms with Gasteiger partial charge in [0, 0.05) is 17.3 Å². The van der Waals surface area contributed by atoms with Crippen molar-refractivity contribution < 1.29 is 9.84 Å². The van der Waals surface area contributed by atoms with Gasteiger partial charge in [0.1, 0.15) is 11.5 Å². The van der Waals surface area contributed by atoms with E-state index in [0.29, 0.717) is 27.5 Å². The summed E-state index contributed by atoms with van der Waals surface area (Å²) in [5.41, 5.74) is 2.13. The van der Waals surface area contributed by atoms with E-state index >= 15 is 0 Å². The summed E-state index contributed by atoms with van der Waals surface area (Å²) >= 11 is 3.42. The minimum atomic E-state index is -0.0136. The number of pyridine rings is 1. The molecule has 0 spiro atoms. The van der Waals surface area contributed by atoms with Crippen LogP contribution in [0, 0.1) is 0 Å². The summed E-state index contributed by atoms with van der Waals surface area (Å²) in [7, 11) is 1.62. The normalized spacial score (nSPS) is 10.6. The molecule has 0 radical (unpaired) electrons. The van der Waals surface area contributed by atoms with Crippen molar-refractivity contribution in [1.29, 1.82) is 0 Å². The summed E-state index contributed by atoms with van der Waals surface area (Å²) in [6.45, 7) is 0. The van der Waals surface area contributed by atoms with Gasteiger partial charge in [0.2, 0.25) is 0 Å². The molecule has 0 atom stereocenters. The highest BCUT2D eigenvalue weighted by Crippen LogP contribution is 2.34. The number of rotatable bonds is 4. The highest BCUT2D eigenvalue weighted by Gasteiger charge is 2.17. The molecule has 0 saturated heterocycles. The number of hydrogen-bond donors (Lipinski definition) is 1. The van der Waals surface area contributed by atoms with Gasteiger partial charge in [-0.3, -0.25) is 4.98 Å². The van der Waals surface area contributed by atoms with Crippen molar-refractivity contribution in [3.8, 4) is 45.7 Å². The second-order valence-electron chi connectivity index (χ2n) is 5.92. The van der Waals surface area contributed by atoms with Crippen LogP contribution in [0.5, 0.6) is 11.5 Å². The quantitative estimate of drug-likeness (QED) is 0.499. The molecule has 0 fully saturated rings. The Bertz CT molecular complexity index is 1100. The largest absolute Gasteiger partial charge is 0.506 e. The first-order chi connectivity index (χ1) is 13.7. The molecular formula is C21H15BrN4O2. The van der Waals surface area contributed by atoms with Crippen LogP contribution >= 0.6 is 15.9 Å². The zero-order chi connectivity index (χ0) is 19.5. The van der Waals surface area contributed by atoms with Crippen molar-refractivity contribution >= 4 is 15.9 Å². The SMILES string of the molecule is COc1ccc(-c2nc(-c3ccccc3)nc(-c3c(O)cncc3Br)n2)cc1. The lowest BCUT2D eigenvalue weighted by molar-refractivity contribution is 0.415. The molecule has 2 aromatic heterocycles. The van der Waals surface area contributed by atoms with Gasteiger partial charge >= 0.3 is 0 Å².